The molecule has 1 rings (SSSR count). The summed E-state index contributed by atoms with van der Waals surface area (Å²) in [7, 11) is 0. The van der Waals surface area contributed by atoms with Gasteiger partial charge in [-0.25, -0.2) is 4.79 Å². The van der Waals surface area contributed by atoms with Crippen LogP contribution in [-0.2, 0) is 9.53 Å². The second-order valence-electron chi connectivity index (χ2n) is 3.65. The highest BCUT2D eigenvalue weighted by Crippen LogP contribution is 2.15. The monoisotopic (exact) mass is 221 g/mol. The Bertz CT molecular complexity index is 332. The van der Waals surface area contributed by atoms with E-state index in [1.165, 1.54) is 5.56 Å². The zero-order valence-electron chi connectivity index (χ0n) is 10.1. The third-order valence-electron chi connectivity index (χ3n) is 2.34. The molecule has 3 nitrogen and oxygen atoms in total. The minimum atomic E-state index is -0.356. The quantitative estimate of drug-likeness (QED) is 0.775. The van der Waals surface area contributed by atoms with E-state index in [1.807, 2.05) is 45.0 Å². The summed E-state index contributed by atoms with van der Waals surface area (Å²) in [6, 6.07) is 7.56. The smallest absolute Gasteiger partial charge is 0.327 e. The Morgan fingerprint density at radius 3 is 2.44 bits per heavy atom. The molecule has 0 heterocycles. The molecule has 1 atom stereocenters. The molecule has 0 spiro atoms. The minimum absolute atomic E-state index is 0.215. The SMILES string of the molecule is CCNC(C(=O)OCC)c1ccc(C)cc1. The molecule has 16 heavy (non-hydrogen) atoms. The second-order valence-corrected chi connectivity index (χ2v) is 3.65. The molecule has 1 unspecified atom stereocenters. The average Bonchev–Trinajstić information content (AvgIpc) is 2.28. The Hall–Kier alpha value is -1.35. The third kappa shape index (κ3) is 3.35. The van der Waals surface area contributed by atoms with Crippen molar-refractivity contribution in [1.82, 2.24) is 5.32 Å². The highest BCUT2D eigenvalue weighted by atomic mass is 16.5. The number of carbonyl (C=O) groups excluding carboxylic acids is 1. The summed E-state index contributed by atoms with van der Waals surface area (Å²) < 4.78 is 5.04. The Balaban J connectivity index is 2.84. The number of nitrogens with one attached hydrogen (secondary N) is 1. The molecule has 0 amide bonds. The molecule has 0 saturated heterocycles. The Morgan fingerprint density at radius 2 is 1.94 bits per heavy atom. The fourth-order valence-corrected chi connectivity index (χ4v) is 1.53. The fourth-order valence-electron chi connectivity index (χ4n) is 1.53. The minimum Gasteiger partial charge on any atom is -0.465 e. The van der Waals surface area contributed by atoms with Gasteiger partial charge in [-0.1, -0.05) is 36.8 Å². The molecule has 0 aliphatic rings. The molecular formula is C13H19NO2. The lowest BCUT2D eigenvalue weighted by Gasteiger charge is -2.16. The molecule has 0 saturated carbocycles. The van der Waals surface area contributed by atoms with E-state index in [1.54, 1.807) is 0 Å². The van der Waals surface area contributed by atoms with E-state index in [4.69, 9.17) is 4.74 Å². The average molecular weight is 221 g/mol. The van der Waals surface area contributed by atoms with Crippen LogP contribution in [-0.4, -0.2) is 19.1 Å². The summed E-state index contributed by atoms with van der Waals surface area (Å²) in [6.45, 7) is 6.96. The predicted octanol–water partition coefficient (Wildman–Crippen LogP) is 2.21. The molecule has 3 heteroatoms. The van der Waals surface area contributed by atoms with Crippen molar-refractivity contribution in [2.24, 2.45) is 0 Å². The van der Waals surface area contributed by atoms with Gasteiger partial charge >= 0.3 is 5.97 Å². The summed E-state index contributed by atoms with van der Waals surface area (Å²) in [5.74, 6) is -0.215. The van der Waals surface area contributed by atoms with Crippen LogP contribution in [0.3, 0.4) is 0 Å². The molecule has 1 N–H and O–H groups in total. The van der Waals surface area contributed by atoms with Crippen LogP contribution in [0.5, 0.6) is 0 Å². The van der Waals surface area contributed by atoms with Crippen molar-refractivity contribution in [2.45, 2.75) is 26.8 Å². The molecule has 1 aromatic carbocycles. The van der Waals surface area contributed by atoms with Gasteiger partial charge in [0.05, 0.1) is 6.61 Å². The van der Waals surface area contributed by atoms with Gasteiger partial charge in [0.1, 0.15) is 6.04 Å². The van der Waals surface area contributed by atoms with E-state index in [0.717, 1.165) is 12.1 Å². The van der Waals surface area contributed by atoms with Gasteiger partial charge in [-0.3, -0.25) is 0 Å². The van der Waals surface area contributed by atoms with Gasteiger partial charge in [-0.05, 0) is 26.0 Å². The van der Waals surface area contributed by atoms with Crippen molar-refractivity contribution in [3.05, 3.63) is 35.4 Å². The summed E-state index contributed by atoms with van der Waals surface area (Å²) in [5, 5.41) is 3.13. The van der Waals surface area contributed by atoms with E-state index in [-0.39, 0.29) is 12.0 Å². The second kappa shape index (κ2) is 6.28. The van der Waals surface area contributed by atoms with Gasteiger partial charge in [-0.15, -0.1) is 0 Å². The molecule has 88 valence electrons. The fraction of sp³-hybridized carbons (Fsp3) is 0.462. The first kappa shape index (κ1) is 12.7. The molecule has 0 bridgehead atoms. The van der Waals surface area contributed by atoms with E-state index in [2.05, 4.69) is 5.32 Å². The molecule has 0 aromatic heterocycles. The van der Waals surface area contributed by atoms with Gasteiger partial charge in [-0.2, -0.15) is 0 Å². The summed E-state index contributed by atoms with van der Waals surface area (Å²) >= 11 is 0. The highest BCUT2D eigenvalue weighted by Gasteiger charge is 2.20. The molecule has 0 radical (unpaired) electrons. The van der Waals surface area contributed by atoms with Crippen LogP contribution >= 0.6 is 0 Å². The molecular weight excluding hydrogens is 202 g/mol. The maximum absolute atomic E-state index is 11.7. The van der Waals surface area contributed by atoms with Crippen LogP contribution in [0.25, 0.3) is 0 Å². The lowest BCUT2D eigenvalue weighted by atomic mass is 10.1. The maximum Gasteiger partial charge on any atom is 0.327 e. The van der Waals surface area contributed by atoms with Crippen molar-refractivity contribution in [3.8, 4) is 0 Å². The lowest BCUT2D eigenvalue weighted by Crippen LogP contribution is -2.30. The van der Waals surface area contributed by atoms with Crippen molar-refractivity contribution < 1.29 is 9.53 Å². The number of aryl methyl sites for hydroxylation is 1. The first-order valence-electron chi connectivity index (χ1n) is 5.65. The van der Waals surface area contributed by atoms with Crippen LogP contribution in [0.1, 0.15) is 31.0 Å². The van der Waals surface area contributed by atoms with E-state index in [9.17, 15) is 4.79 Å². The van der Waals surface area contributed by atoms with E-state index in [0.29, 0.717) is 6.61 Å². The number of hydrogen-bond acceptors (Lipinski definition) is 3. The number of esters is 1. The number of benzene rings is 1. The van der Waals surface area contributed by atoms with E-state index < -0.39 is 0 Å². The summed E-state index contributed by atoms with van der Waals surface area (Å²) in [5.41, 5.74) is 2.13. The Kier molecular flexibility index (Phi) is 4.99. The number of ether oxygens (including phenoxy) is 1. The molecule has 0 aliphatic heterocycles. The Morgan fingerprint density at radius 1 is 1.31 bits per heavy atom. The first-order valence-corrected chi connectivity index (χ1v) is 5.65. The van der Waals surface area contributed by atoms with Gasteiger partial charge < -0.3 is 10.1 Å². The summed E-state index contributed by atoms with van der Waals surface area (Å²) in [4.78, 5) is 11.7. The normalized spacial score (nSPS) is 12.2. The molecule has 1 aromatic rings. The Labute approximate surface area is 96.8 Å². The highest BCUT2D eigenvalue weighted by molar-refractivity contribution is 5.77. The number of hydrogen-bond donors (Lipinski definition) is 1. The van der Waals surface area contributed by atoms with Crippen molar-refractivity contribution >= 4 is 5.97 Å². The van der Waals surface area contributed by atoms with E-state index >= 15 is 0 Å². The zero-order valence-corrected chi connectivity index (χ0v) is 10.1. The van der Waals surface area contributed by atoms with Gasteiger partial charge in [0.25, 0.3) is 0 Å². The van der Waals surface area contributed by atoms with Gasteiger partial charge in [0, 0.05) is 0 Å². The van der Waals surface area contributed by atoms with Crippen molar-refractivity contribution in [2.75, 3.05) is 13.2 Å². The zero-order chi connectivity index (χ0) is 12.0. The van der Waals surface area contributed by atoms with Crippen LogP contribution in [0.4, 0.5) is 0 Å². The topological polar surface area (TPSA) is 38.3 Å². The van der Waals surface area contributed by atoms with Crippen LogP contribution < -0.4 is 5.32 Å². The number of rotatable bonds is 5. The van der Waals surface area contributed by atoms with Gasteiger partial charge in [0.2, 0.25) is 0 Å². The van der Waals surface area contributed by atoms with Crippen molar-refractivity contribution in [3.63, 3.8) is 0 Å². The largest absolute Gasteiger partial charge is 0.465 e. The molecule has 0 fully saturated rings. The maximum atomic E-state index is 11.7. The standard InChI is InChI=1S/C13H19NO2/c1-4-14-12(13(15)16-5-2)11-8-6-10(3)7-9-11/h6-9,12,14H,4-5H2,1-3H3. The summed E-state index contributed by atoms with van der Waals surface area (Å²) in [6.07, 6.45) is 0. The first-order chi connectivity index (χ1) is 7.69. The van der Waals surface area contributed by atoms with Crippen LogP contribution in [0.2, 0.25) is 0 Å². The molecule has 0 aliphatic carbocycles. The third-order valence-corrected chi connectivity index (χ3v) is 2.34. The number of likely N-dealkylation sites (N-methyl/N-ethyl adjacent to an activating group) is 1. The number of carbonyl (C=O) groups is 1. The lowest BCUT2D eigenvalue weighted by molar-refractivity contribution is -0.145. The van der Waals surface area contributed by atoms with Crippen LogP contribution in [0, 0.1) is 6.92 Å². The van der Waals surface area contributed by atoms with Crippen molar-refractivity contribution in [1.29, 1.82) is 0 Å². The van der Waals surface area contributed by atoms with Crippen LogP contribution in [0.15, 0.2) is 24.3 Å². The van der Waals surface area contributed by atoms with Gasteiger partial charge in [0.15, 0.2) is 0 Å². The predicted molar refractivity (Wildman–Crippen MR) is 64.2 cm³/mol.